The largest absolute Gasteiger partial charge is 0.478 e. The maximum Gasteiger partial charge on any atom is 0.349 e. The van der Waals surface area contributed by atoms with Crippen molar-refractivity contribution in [2.24, 2.45) is 28.6 Å². The van der Waals surface area contributed by atoms with Crippen molar-refractivity contribution in [1.82, 2.24) is 0 Å². The van der Waals surface area contributed by atoms with E-state index in [4.69, 9.17) is 9.47 Å². The van der Waals surface area contributed by atoms with E-state index >= 15 is 4.39 Å². The molecule has 0 aromatic rings. The molecule has 1 spiro atoms. The van der Waals surface area contributed by atoms with Gasteiger partial charge in [-0.3, -0.25) is 9.59 Å². The predicted octanol–water partition coefficient (Wildman–Crippen LogP) is 3.40. The third-order valence-electron chi connectivity index (χ3n) is 9.34. The first-order valence-electron chi connectivity index (χ1n) is 11.2. The van der Waals surface area contributed by atoms with Gasteiger partial charge in [0.2, 0.25) is 5.60 Å². The SMILES string of the molecule is CCC(=O)O[C@]1(C(=O)O)[C@@H](C)C[C@H]2[C@@H]3C[C@H](F)C4=CC(=O)C=C[C@]4(C)[C@@]34O[C@H]4C[C@@]21C. The average Bonchev–Trinajstić information content (AvgIpc) is 3.38. The highest BCUT2D eigenvalue weighted by molar-refractivity contribution is 6.01. The van der Waals surface area contributed by atoms with Gasteiger partial charge in [0.05, 0.1) is 6.10 Å². The highest BCUT2D eigenvalue weighted by Crippen LogP contribution is 2.77. The summed E-state index contributed by atoms with van der Waals surface area (Å²) in [5.41, 5.74) is -3.46. The van der Waals surface area contributed by atoms with Gasteiger partial charge in [-0.1, -0.05) is 26.8 Å². The molecule has 0 aromatic heterocycles. The molecule has 3 saturated carbocycles. The van der Waals surface area contributed by atoms with Crippen molar-refractivity contribution in [2.75, 3.05) is 0 Å². The number of allylic oxidation sites excluding steroid dienone is 2. The van der Waals surface area contributed by atoms with Crippen LogP contribution in [0.2, 0.25) is 0 Å². The van der Waals surface area contributed by atoms with Crippen LogP contribution in [-0.2, 0) is 23.9 Å². The molecule has 5 rings (SSSR count). The first kappa shape index (κ1) is 20.9. The van der Waals surface area contributed by atoms with E-state index in [1.165, 1.54) is 12.2 Å². The summed E-state index contributed by atoms with van der Waals surface area (Å²) in [7, 11) is 0. The Balaban J connectivity index is 1.62. The van der Waals surface area contributed by atoms with Crippen LogP contribution in [0.15, 0.2) is 23.8 Å². The molecule has 0 amide bonds. The first-order valence-corrected chi connectivity index (χ1v) is 11.2. The van der Waals surface area contributed by atoms with Crippen LogP contribution in [0.3, 0.4) is 0 Å². The lowest BCUT2D eigenvalue weighted by Gasteiger charge is -2.56. The minimum absolute atomic E-state index is 0.0907. The molecule has 1 saturated heterocycles. The number of esters is 1. The molecular weight excluding hydrogens is 403 g/mol. The van der Waals surface area contributed by atoms with Crippen molar-refractivity contribution < 1.29 is 33.4 Å². The monoisotopic (exact) mass is 432 g/mol. The first-order chi connectivity index (χ1) is 14.5. The molecule has 1 heterocycles. The third kappa shape index (κ3) is 2.18. The lowest BCUT2D eigenvalue weighted by molar-refractivity contribution is -0.204. The van der Waals surface area contributed by atoms with Crippen LogP contribution in [0, 0.1) is 28.6 Å². The highest BCUT2D eigenvalue weighted by atomic mass is 19.1. The average molecular weight is 432 g/mol. The maximum atomic E-state index is 15.5. The fourth-order valence-electron chi connectivity index (χ4n) is 7.93. The molecule has 4 fully saturated rings. The van der Waals surface area contributed by atoms with Crippen LogP contribution in [0.5, 0.6) is 0 Å². The van der Waals surface area contributed by atoms with Crippen LogP contribution in [0.25, 0.3) is 0 Å². The van der Waals surface area contributed by atoms with Gasteiger partial charge in [-0.15, -0.1) is 0 Å². The van der Waals surface area contributed by atoms with E-state index in [2.05, 4.69) is 0 Å². The summed E-state index contributed by atoms with van der Waals surface area (Å²) in [6.45, 7) is 7.28. The van der Waals surface area contributed by atoms with Crippen molar-refractivity contribution in [1.29, 1.82) is 0 Å². The molecule has 31 heavy (non-hydrogen) atoms. The van der Waals surface area contributed by atoms with Crippen LogP contribution in [0.4, 0.5) is 4.39 Å². The van der Waals surface area contributed by atoms with Crippen LogP contribution in [-0.4, -0.2) is 46.3 Å². The van der Waals surface area contributed by atoms with Gasteiger partial charge < -0.3 is 14.6 Å². The zero-order valence-corrected chi connectivity index (χ0v) is 18.3. The van der Waals surface area contributed by atoms with Gasteiger partial charge in [0.1, 0.15) is 11.8 Å². The second-order valence-electron chi connectivity index (χ2n) is 10.5. The number of carboxylic acid groups (broad SMARTS) is 1. The number of carbonyl (C=O) groups excluding carboxylic acids is 2. The van der Waals surface area contributed by atoms with Crippen LogP contribution >= 0.6 is 0 Å². The molecule has 7 heteroatoms. The minimum atomic E-state index is -1.66. The number of aliphatic carboxylic acids is 1. The summed E-state index contributed by atoms with van der Waals surface area (Å²) in [5, 5.41) is 10.3. The molecule has 9 atom stereocenters. The standard InChI is InChI=1S/C24H29FO6/c1-5-19(27)31-23(20(28)29)12(2)8-14-15-10-17(25)16-9-13(26)6-7-21(16,3)24(15)18(30-24)11-22(14,23)4/h6-7,9,12,14-15,17-18H,5,8,10-11H2,1-4H3,(H,28,29)/t12-,14-,15-,17-,18-,21-,22-,23-,24+/m0/s1. The Morgan fingerprint density at radius 3 is 2.65 bits per heavy atom. The topological polar surface area (TPSA) is 93.2 Å². The molecule has 0 unspecified atom stereocenters. The Kier molecular flexibility index (Phi) is 4.08. The summed E-state index contributed by atoms with van der Waals surface area (Å²) in [6.07, 6.45) is 4.32. The van der Waals surface area contributed by atoms with Crippen molar-refractivity contribution in [3.8, 4) is 0 Å². The summed E-state index contributed by atoms with van der Waals surface area (Å²) < 4.78 is 27.6. The van der Waals surface area contributed by atoms with Gasteiger partial charge in [0, 0.05) is 23.2 Å². The molecule has 1 N–H and O–H groups in total. The smallest absolute Gasteiger partial charge is 0.349 e. The summed E-state index contributed by atoms with van der Waals surface area (Å²) in [6, 6.07) is 0. The number of hydrogen-bond donors (Lipinski definition) is 1. The van der Waals surface area contributed by atoms with E-state index in [0.717, 1.165) is 0 Å². The molecule has 4 aliphatic carbocycles. The summed E-state index contributed by atoms with van der Waals surface area (Å²) in [4.78, 5) is 36.9. The Labute approximate surface area is 180 Å². The fourth-order valence-corrected chi connectivity index (χ4v) is 7.93. The highest BCUT2D eigenvalue weighted by Gasteiger charge is 2.84. The molecule has 168 valence electrons. The molecule has 0 radical (unpaired) electrons. The second kappa shape index (κ2) is 6.06. The number of alkyl halides is 1. The predicted molar refractivity (Wildman–Crippen MR) is 108 cm³/mol. The molecule has 6 nitrogen and oxygen atoms in total. The molecular formula is C24H29FO6. The number of epoxide rings is 1. The van der Waals surface area contributed by atoms with E-state index in [9.17, 15) is 19.5 Å². The normalized spacial score (nSPS) is 51.7. The van der Waals surface area contributed by atoms with Gasteiger partial charge in [-0.05, 0) is 55.7 Å². The lowest BCUT2D eigenvalue weighted by Crippen LogP contribution is -2.64. The van der Waals surface area contributed by atoms with E-state index in [1.54, 1.807) is 13.0 Å². The zero-order valence-electron chi connectivity index (χ0n) is 18.3. The van der Waals surface area contributed by atoms with Gasteiger partial charge in [0.15, 0.2) is 5.78 Å². The van der Waals surface area contributed by atoms with Gasteiger partial charge >= 0.3 is 11.9 Å². The summed E-state index contributed by atoms with van der Waals surface area (Å²) >= 11 is 0. The number of halogens is 1. The Morgan fingerprint density at radius 1 is 1.29 bits per heavy atom. The number of rotatable bonds is 3. The quantitative estimate of drug-likeness (QED) is 0.543. The number of carbonyl (C=O) groups is 3. The van der Waals surface area contributed by atoms with Crippen molar-refractivity contribution in [2.45, 2.75) is 76.9 Å². The van der Waals surface area contributed by atoms with Gasteiger partial charge in [-0.2, -0.15) is 0 Å². The van der Waals surface area contributed by atoms with E-state index in [1.807, 2.05) is 20.8 Å². The molecule has 5 aliphatic rings. The van der Waals surface area contributed by atoms with Gasteiger partial charge in [-0.25, -0.2) is 9.18 Å². The number of ether oxygens (including phenoxy) is 2. The van der Waals surface area contributed by atoms with E-state index in [0.29, 0.717) is 18.4 Å². The van der Waals surface area contributed by atoms with Crippen molar-refractivity contribution in [3.05, 3.63) is 23.8 Å². The van der Waals surface area contributed by atoms with Crippen LogP contribution < -0.4 is 0 Å². The summed E-state index contributed by atoms with van der Waals surface area (Å²) in [5.74, 6) is -2.70. The Bertz CT molecular complexity index is 956. The molecule has 0 bridgehead atoms. The molecule has 0 aromatic carbocycles. The second-order valence-corrected chi connectivity index (χ2v) is 10.5. The third-order valence-corrected chi connectivity index (χ3v) is 9.34. The van der Waals surface area contributed by atoms with Crippen molar-refractivity contribution in [3.63, 3.8) is 0 Å². The number of carboxylic acids is 1. The lowest BCUT2D eigenvalue weighted by atomic mass is 9.46. The Morgan fingerprint density at radius 2 is 2.00 bits per heavy atom. The zero-order chi connectivity index (χ0) is 22.6. The van der Waals surface area contributed by atoms with Crippen LogP contribution in [0.1, 0.15) is 53.4 Å². The Hall–Kier alpha value is -2.02. The fraction of sp³-hybridized carbons (Fsp3) is 0.708. The number of hydrogen-bond acceptors (Lipinski definition) is 5. The van der Waals surface area contributed by atoms with E-state index in [-0.39, 0.29) is 36.6 Å². The maximum absolute atomic E-state index is 15.5. The minimum Gasteiger partial charge on any atom is -0.478 e. The van der Waals surface area contributed by atoms with E-state index < -0.39 is 46.1 Å². The van der Waals surface area contributed by atoms with Crippen molar-refractivity contribution >= 4 is 17.7 Å². The number of fused-ring (bicyclic) bond motifs is 3. The molecule has 1 aliphatic heterocycles. The van der Waals surface area contributed by atoms with Gasteiger partial charge in [0.25, 0.3) is 0 Å². The number of ketones is 1.